The van der Waals surface area contributed by atoms with E-state index in [-0.39, 0.29) is 5.91 Å². The molecule has 3 rings (SSSR count). The van der Waals surface area contributed by atoms with E-state index in [0.717, 1.165) is 11.1 Å². The zero-order valence-electron chi connectivity index (χ0n) is 10.3. The molecule has 96 valence electrons. The summed E-state index contributed by atoms with van der Waals surface area (Å²) in [6.07, 6.45) is 2.15. The van der Waals surface area contributed by atoms with Crippen LogP contribution in [0.2, 0.25) is 0 Å². The maximum atomic E-state index is 10.4. The first-order chi connectivity index (χ1) is 9.25. The molecule has 0 aliphatic carbocycles. The van der Waals surface area contributed by atoms with Gasteiger partial charge in [-0.2, -0.15) is 0 Å². The number of hydrogen-bond acceptors (Lipinski definition) is 3. The van der Waals surface area contributed by atoms with Crippen molar-refractivity contribution >= 4 is 27.5 Å². The van der Waals surface area contributed by atoms with Gasteiger partial charge in [-0.05, 0) is 29.1 Å². The van der Waals surface area contributed by atoms with Crippen molar-refractivity contribution in [2.75, 3.05) is 0 Å². The molecular formula is C15H14N2OS. The number of nitrogens with zero attached hydrogens (tertiary/aromatic N) is 1. The van der Waals surface area contributed by atoms with E-state index in [4.69, 9.17) is 5.73 Å². The average molecular weight is 270 g/mol. The van der Waals surface area contributed by atoms with E-state index < -0.39 is 0 Å². The second-order valence-electron chi connectivity index (χ2n) is 3.94. The number of amides is 1. The van der Waals surface area contributed by atoms with Crippen molar-refractivity contribution in [2.45, 2.75) is 6.42 Å². The van der Waals surface area contributed by atoms with Gasteiger partial charge in [0, 0.05) is 6.20 Å². The fraction of sp³-hybridized carbons (Fsp3) is 0.0667. The standard InChI is InChI=1S/C8H9NO.C7H5NS/c9-8(10)6-7-4-2-1-3-5-7;1-2-7-6(8-4-1)3-5-9-7/h1-5H,6H2,(H2,9,10);1-5H. The van der Waals surface area contributed by atoms with Gasteiger partial charge in [0.2, 0.25) is 5.91 Å². The lowest BCUT2D eigenvalue weighted by Gasteiger charge is -1.93. The quantitative estimate of drug-likeness (QED) is 0.778. The highest BCUT2D eigenvalue weighted by Crippen LogP contribution is 2.16. The lowest BCUT2D eigenvalue weighted by molar-refractivity contribution is -0.117. The Bertz CT molecular complexity index is 619. The summed E-state index contributed by atoms with van der Waals surface area (Å²) in [5, 5.41) is 2.05. The van der Waals surface area contributed by atoms with Gasteiger partial charge in [-0.25, -0.2) is 0 Å². The molecule has 3 aromatic rings. The van der Waals surface area contributed by atoms with Gasteiger partial charge in [0.15, 0.2) is 0 Å². The molecule has 3 nitrogen and oxygen atoms in total. The van der Waals surface area contributed by atoms with E-state index in [1.54, 1.807) is 11.3 Å². The molecule has 2 heterocycles. The Balaban J connectivity index is 0.000000141. The van der Waals surface area contributed by atoms with Crippen LogP contribution in [0.5, 0.6) is 0 Å². The highest BCUT2D eigenvalue weighted by atomic mass is 32.1. The van der Waals surface area contributed by atoms with E-state index in [1.165, 1.54) is 4.70 Å². The number of nitrogens with two attached hydrogens (primary N) is 1. The van der Waals surface area contributed by atoms with Gasteiger partial charge in [-0.1, -0.05) is 30.3 Å². The highest BCUT2D eigenvalue weighted by molar-refractivity contribution is 7.17. The number of hydrogen-bond donors (Lipinski definition) is 1. The molecule has 0 unspecified atom stereocenters. The first kappa shape index (κ1) is 13.2. The summed E-state index contributed by atoms with van der Waals surface area (Å²) in [5.41, 5.74) is 7.05. The number of carbonyl (C=O) groups is 1. The van der Waals surface area contributed by atoms with Gasteiger partial charge >= 0.3 is 0 Å². The van der Waals surface area contributed by atoms with Gasteiger partial charge in [-0.3, -0.25) is 9.78 Å². The zero-order valence-corrected chi connectivity index (χ0v) is 11.1. The molecule has 2 aromatic heterocycles. The predicted molar refractivity (Wildman–Crippen MR) is 79.0 cm³/mol. The number of pyridine rings is 1. The molecule has 0 saturated carbocycles. The number of fused-ring (bicyclic) bond motifs is 1. The minimum atomic E-state index is -0.286. The highest BCUT2D eigenvalue weighted by Gasteiger charge is 1.94. The first-order valence-corrected chi connectivity index (χ1v) is 6.74. The maximum Gasteiger partial charge on any atom is 0.221 e. The Morgan fingerprint density at radius 1 is 1.11 bits per heavy atom. The number of aromatic nitrogens is 1. The van der Waals surface area contributed by atoms with Crippen LogP contribution in [0.25, 0.3) is 10.2 Å². The van der Waals surface area contributed by atoms with Crippen molar-refractivity contribution in [1.29, 1.82) is 0 Å². The van der Waals surface area contributed by atoms with Crippen molar-refractivity contribution < 1.29 is 4.79 Å². The summed E-state index contributed by atoms with van der Waals surface area (Å²) >= 11 is 1.72. The SMILES string of the molecule is NC(=O)Cc1ccccc1.c1cnc2ccsc2c1. The monoisotopic (exact) mass is 270 g/mol. The summed E-state index contributed by atoms with van der Waals surface area (Å²) in [7, 11) is 0. The van der Waals surface area contributed by atoms with Crippen LogP contribution in [0.1, 0.15) is 5.56 Å². The molecule has 0 aliphatic heterocycles. The molecule has 0 aliphatic rings. The number of benzene rings is 1. The van der Waals surface area contributed by atoms with E-state index >= 15 is 0 Å². The lowest BCUT2D eigenvalue weighted by atomic mass is 10.1. The molecule has 1 amide bonds. The first-order valence-electron chi connectivity index (χ1n) is 5.86. The topological polar surface area (TPSA) is 56.0 Å². The molecule has 2 N–H and O–H groups in total. The largest absolute Gasteiger partial charge is 0.369 e. The lowest BCUT2D eigenvalue weighted by Crippen LogP contribution is -2.13. The van der Waals surface area contributed by atoms with Crippen LogP contribution in [0.3, 0.4) is 0 Å². The number of thiophene rings is 1. The Labute approximate surface area is 115 Å². The molecular weight excluding hydrogens is 256 g/mol. The molecule has 0 spiro atoms. The third-order valence-electron chi connectivity index (χ3n) is 2.44. The zero-order chi connectivity index (χ0) is 13.5. The van der Waals surface area contributed by atoms with E-state index in [2.05, 4.69) is 16.4 Å². The predicted octanol–water partition coefficient (Wildman–Crippen LogP) is 3.01. The molecule has 4 heteroatoms. The Kier molecular flexibility index (Phi) is 4.64. The Morgan fingerprint density at radius 3 is 2.58 bits per heavy atom. The second-order valence-corrected chi connectivity index (χ2v) is 4.88. The maximum absolute atomic E-state index is 10.4. The van der Waals surface area contributed by atoms with Crippen LogP contribution >= 0.6 is 11.3 Å². The van der Waals surface area contributed by atoms with Crippen LogP contribution in [0, 0.1) is 0 Å². The van der Waals surface area contributed by atoms with E-state index in [9.17, 15) is 4.79 Å². The van der Waals surface area contributed by atoms with Gasteiger partial charge < -0.3 is 5.73 Å². The van der Waals surface area contributed by atoms with Crippen molar-refractivity contribution in [2.24, 2.45) is 5.73 Å². The molecule has 1 aromatic carbocycles. The van der Waals surface area contributed by atoms with Crippen LogP contribution in [0.4, 0.5) is 0 Å². The fourth-order valence-corrected chi connectivity index (χ4v) is 2.34. The summed E-state index contributed by atoms with van der Waals surface area (Å²) in [6, 6.07) is 15.5. The van der Waals surface area contributed by atoms with Crippen LogP contribution in [-0.2, 0) is 11.2 Å². The summed E-state index contributed by atoms with van der Waals surface area (Å²) in [6.45, 7) is 0. The van der Waals surface area contributed by atoms with Gasteiger partial charge in [0.1, 0.15) is 0 Å². The molecule has 0 fully saturated rings. The van der Waals surface area contributed by atoms with E-state index in [0.29, 0.717) is 6.42 Å². The molecule has 0 saturated heterocycles. The molecule has 0 radical (unpaired) electrons. The summed E-state index contributed by atoms with van der Waals surface area (Å²) in [4.78, 5) is 14.5. The van der Waals surface area contributed by atoms with Crippen molar-refractivity contribution in [3.8, 4) is 0 Å². The third-order valence-corrected chi connectivity index (χ3v) is 3.31. The normalized spacial score (nSPS) is 9.68. The van der Waals surface area contributed by atoms with Crippen molar-refractivity contribution in [3.63, 3.8) is 0 Å². The Morgan fingerprint density at radius 2 is 1.89 bits per heavy atom. The minimum Gasteiger partial charge on any atom is -0.369 e. The average Bonchev–Trinajstić information content (AvgIpc) is 2.88. The number of primary amides is 1. The smallest absolute Gasteiger partial charge is 0.221 e. The number of rotatable bonds is 2. The van der Waals surface area contributed by atoms with Gasteiger partial charge in [0.05, 0.1) is 16.6 Å². The third kappa shape index (κ3) is 4.19. The minimum absolute atomic E-state index is 0.286. The molecule has 0 bridgehead atoms. The fourth-order valence-electron chi connectivity index (χ4n) is 1.60. The van der Waals surface area contributed by atoms with Crippen LogP contribution < -0.4 is 5.73 Å². The molecule has 19 heavy (non-hydrogen) atoms. The van der Waals surface area contributed by atoms with Gasteiger partial charge in [-0.15, -0.1) is 11.3 Å². The van der Waals surface area contributed by atoms with Gasteiger partial charge in [0.25, 0.3) is 0 Å². The van der Waals surface area contributed by atoms with Crippen molar-refractivity contribution in [3.05, 3.63) is 65.7 Å². The Hall–Kier alpha value is -2.20. The van der Waals surface area contributed by atoms with Crippen LogP contribution in [0.15, 0.2) is 60.1 Å². The molecule has 0 atom stereocenters. The number of carbonyl (C=O) groups excluding carboxylic acids is 1. The van der Waals surface area contributed by atoms with Crippen LogP contribution in [-0.4, -0.2) is 10.9 Å². The van der Waals surface area contributed by atoms with E-state index in [1.807, 2.05) is 48.7 Å². The summed E-state index contributed by atoms with van der Waals surface area (Å²) in [5.74, 6) is -0.286. The summed E-state index contributed by atoms with van der Waals surface area (Å²) < 4.78 is 1.26. The second kappa shape index (κ2) is 6.66. The van der Waals surface area contributed by atoms with Crippen molar-refractivity contribution in [1.82, 2.24) is 4.98 Å².